The fourth-order valence-electron chi connectivity index (χ4n) is 9.61. The number of hydrogen-bond donors (Lipinski definition) is 0. The Morgan fingerprint density at radius 1 is 0.317 bits per heavy atom. The van der Waals surface area contributed by atoms with Crippen LogP contribution in [0.1, 0.15) is 22.3 Å². The standard InChI is InChI=1S/C59H39NO2S/c1-4-16-40(17-5-1)41-28-34-46(35-29-41)60(47-36-30-43(31-37-47)58-56-55(57(63-58)42-18-6-2-7-19-42)61-53-26-14-15-27-54(53)62-56)48-38-32-45(33-39-48)59(44-20-8-3-9-21-44)51-24-12-10-22-49(51)50-23-11-13-25-52(50)59/h1-39H. The molecule has 0 spiro atoms. The zero-order valence-electron chi connectivity index (χ0n) is 34.2. The van der Waals surface area contributed by atoms with Crippen LogP contribution in [0.15, 0.2) is 237 Å². The van der Waals surface area contributed by atoms with Gasteiger partial charge in [0.15, 0.2) is 23.0 Å². The Morgan fingerprint density at radius 3 is 1.21 bits per heavy atom. The third-order valence-electron chi connectivity index (χ3n) is 12.5. The van der Waals surface area contributed by atoms with Crippen molar-refractivity contribution in [2.24, 2.45) is 0 Å². The molecule has 12 rings (SSSR count). The van der Waals surface area contributed by atoms with Crippen molar-refractivity contribution in [1.29, 1.82) is 0 Å². The van der Waals surface area contributed by atoms with E-state index in [2.05, 4.69) is 211 Å². The number of para-hydroxylation sites is 2. The molecule has 0 unspecified atom stereocenters. The highest BCUT2D eigenvalue weighted by Gasteiger charge is 2.45. The molecule has 3 nitrogen and oxygen atoms in total. The summed E-state index contributed by atoms with van der Waals surface area (Å²) in [5.74, 6) is 2.94. The molecular weight excluding hydrogens is 787 g/mol. The van der Waals surface area contributed by atoms with E-state index in [1.165, 1.54) is 44.5 Å². The molecule has 63 heavy (non-hydrogen) atoms. The lowest BCUT2D eigenvalue weighted by Gasteiger charge is -2.34. The molecule has 9 aromatic carbocycles. The first-order valence-electron chi connectivity index (χ1n) is 21.3. The molecule has 298 valence electrons. The maximum absolute atomic E-state index is 6.64. The molecule has 2 heterocycles. The van der Waals surface area contributed by atoms with Gasteiger partial charge in [0.1, 0.15) is 0 Å². The van der Waals surface area contributed by atoms with Crippen molar-refractivity contribution in [2.45, 2.75) is 5.41 Å². The van der Waals surface area contributed by atoms with Crippen LogP contribution in [0.25, 0.3) is 43.1 Å². The highest BCUT2D eigenvalue weighted by atomic mass is 32.1. The number of fused-ring (bicyclic) bond motifs is 5. The fourth-order valence-corrected chi connectivity index (χ4v) is 10.8. The van der Waals surface area contributed by atoms with Gasteiger partial charge in [0.2, 0.25) is 0 Å². The third-order valence-corrected chi connectivity index (χ3v) is 13.7. The van der Waals surface area contributed by atoms with Crippen LogP contribution in [0.5, 0.6) is 23.0 Å². The minimum absolute atomic E-state index is 0.471. The van der Waals surface area contributed by atoms with Gasteiger partial charge in [0.05, 0.1) is 15.2 Å². The minimum atomic E-state index is -0.471. The number of thiophene rings is 1. The number of ether oxygens (including phenoxy) is 2. The average Bonchev–Trinajstić information content (AvgIpc) is 3.89. The van der Waals surface area contributed by atoms with Gasteiger partial charge < -0.3 is 14.4 Å². The Balaban J connectivity index is 0.977. The lowest BCUT2D eigenvalue weighted by Crippen LogP contribution is -2.28. The van der Waals surface area contributed by atoms with Gasteiger partial charge >= 0.3 is 0 Å². The quantitative estimate of drug-likeness (QED) is 0.152. The van der Waals surface area contributed by atoms with Crippen molar-refractivity contribution in [3.8, 4) is 66.1 Å². The summed E-state index contributed by atoms with van der Waals surface area (Å²) in [6, 6.07) is 84.6. The summed E-state index contributed by atoms with van der Waals surface area (Å²) in [6.07, 6.45) is 0. The molecule has 0 bridgehead atoms. The summed E-state index contributed by atoms with van der Waals surface area (Å²) in [5, 5.41) is 0. The average molecular weight is 826 g/mol. The van der Waals surface area contributed by atoms with Crippen LogP contribution in [0.2, 0.25) is 0 Å². The Labute approximate surface area is 371 Å². The molecule has 0 fully saturated rings. The van der Waals surface area contributed by atoms with Gasteiger partial charge in [-0.05, 0) is 104 Å². The van der Waals surface area contributed by atoms with Crippen molar-refractivity contribution in [2.75, 3.05) is 4.90 Å². The van der Waals surface area contributed by atoms with Crippen molar-refractivity contribution in [3.05, 3.63) is 259 Å². The molecule has 0 saturated carbocycles. The van der Waals surface area contributed by atoms with Crippen molar-refractivity contribution >= 4 is 28.4 Å². The van der Waals surface area contributed by atoms with Crippen LogP contribution in [-0.4, -0.2) is 0 Å². The Bertz CT molecular complexity index is 3210. The van der Waals surface area contributed by atoms with Crippen LogP contribution in [0.4, 0.5) is 17.1 Å². The van der Waals surface area contributed by atoms with E-state index in [-0.39, 0.29) is 0 Å². The van der Waals surface area contributed by atoms with Gasteiger partial charge in [0, 0.05) is 17.1 Å². The molecule has 1 aliphatic carbocycles. The summed E-state index contributed by atoms with van der Waals surface area (Å²) in [5.41, 5.74) is 14.9. The summed E-state index contributed by atoms with van der Waals surface area (Å²) >= 11 is 1.70. The van der Waals surface area contributed by atoms with Gasteiger partial charge in [-0.25, -0.2) is 0 Å². The first-order valence-corrected chi connectivity index (χ1v) is 22.1. The van der Waals surface area contributed by atoms with Gasteiger partial charge in [-0.2, -0.15) is 0 Å². The molecule has 4 heteroatoms. The Hall–Kier alpha value is -7.92. The van der Waals surface area contributed by atoms with E-state index in [9.17, 15) is 0 Å². The van der Waals surface area contributed by atoms with Gasteiger partial charge in [-0.3, -0.25) is 0 Å². The van der Waals surface area contributed by atoms with Gasteiger partial charge in [-0.1, -0.05) is 188 Å². The summed E-state index contributed by atoms with van der Waals surface area (Å²) in [7, 11) is 0. The maximum Gasteiger partial charge on any atom is 0.189 e. The molecule has 0 N–H and O–H groups in total. The Morgan fingerprint density at radius 2 is 0.683 bits per heavy atom. The predicted octanol–water partition coefficient (Wildman–Crippen LogP) is 16.5. The highest BCUT2D eigenvalue weighted by molar-refractivity contribution is 7.19. The maximum atomic E-state index is 6.64. The molecular formula is C59H39NO2S. The number of nitrogens with zero attached hydrogens (tertiary/aromatic N) is 1. The normalized spacial score (nSPS) is 12.8. The molecule has 0 saturated heterocycles. The van der Waals surface area contributed by atoms with Crippen LogP contribution >= 0.6 is 11.3 Å². The van der Waals surface area contributed by atoms with E-state index in [1.807, 2.05) is 30.3 Å². The van der Waals surface area contributed by atoms with E-state index < -0.39 is 5.41 Å². The number of rotatable bonds is 8. The van der Waals surface area contributed by atoms with Crippen molar-refractivity contribution < 1.29 is 9.47 Å². The smallest absolute Gasteiger partial charge is 0.189 e. The molecule has 10 aromatic rings. The zero-order valence-corrected chi connectivity index (χ0v) is 35.0. The van der Waals surface area contributed by atoms with Gasteiger partial charge in [-0.15, -0.1) is 11.3 Å². The molecule has 0 radical (unpaired) electrons. The number of anilines is 3. The second-order valence-corrected chi connectivity index (χ2v) is 17.0. The summed E-state index contributed by atoms with van der Waals surface area (Å²) < 4.78 is 13.2. The van der Waals surface area contributed by atoms with Crippen LogP contribution in [-0.2, 0) is 5.41 Å². The molecule has 0 amide bonds. The second kappa shape index (κ2) is 15.2. The second-order valence-electron chi connectivity index (χ2n) is 16.0. The van der Waals surface area contributed by atoms with Gasteiger partial charge in [0.25, 0.3) is 0 Å². The lowest BCUT2D eigenvalue weighted by atomic mass is 9.68. The summed E-state index contributed by atoms with van der Waals surface area (Å²) in [4.78, 5) is 4.42. The van der Waals surface area contributed by atoms with Crippen molar-refractivity contribution in [1.82, 2.24) is 0 Å². The molecule has 2 aliphatic rings. The van der Waals surface area contributed by atoms with E-state index in [4.69, 9.17) is 9.47 Å². The lowest BCUT2D eigenvalue weighted by molar-refractivity contribution is 0.364. The van der Waals surface area contributed by atoms with E-state index in [1.54, 1.807) is 11.3 Å². The predicted molar refractivity (Wildman–Crippen MR) is 259 cm³/mol. The number of hydrogen-bond acceptors (Lipinski definition) is 4. The SMILES string of the molecule is c1ccc(-c2ccc(N(c3ccc(-c4sc(-c5ccccc5)c5c4Oc4ccccc4O5)cc3)c3ccc(C4(c5ccccc5)c5ccccc5-c5ccccc54)cc3)cc2)cc1. The van der Waals surface area contributed by atoms with Crippen LogP contribution < -0.4 is 14.4 Å². The monoisotopic (exact) mass is 825 g/mol. The topological polar surface area (TPSA) is 21.7 Å². The first kappa shape index (κ1) is 36.9. The first-order chi connectivity index (χ1) is 31.2. The minimum Gasteiger partial charge on any atom is -0.448 e. The van der Waals surface area contributed by atoms with Crippen LogP contribution in [0, 0.1) is 0 Å². The molecule has 1 aromatic heterocycles. The fraction of sp³-hybridized carbons (Fsp3) is 0.0169. The largest absolute Gasteiger partial charge is 0.448 e. The van der Waals surface area contributed by atoms with E-state index in [0.717, 1.165) is 55.2 Å². The number of benzene rings is 9. The Kier molecular flexibility index (Phi) is 8.91. The summed E-state index contributed by atoms with van der Waals surface area (Å²) in [6.45, 7) is 0. The highest BCUT2D eigenvalue weighted by Crippen LogP contribution is 2.59. The van der Waals surface area contributed by atoms with Crippen molar-refractivity contribution in [3.63, 3.8) is 0 Å². The molecule has 0 atom stereocenters. The third kappa shape index (κ3) is 6.10. The van der Waals surface area contributed by atoms with E-state index >= 15 is 0 Å². The zero-order chi connectivity index (χ0) is 41.7. The molecule has 1 aliphatic heterocycles. The van der Waals surface area contributed by atoms with Crippen LogP contribution in [0.3, 0.4) is 0 Å². The van der Waals surface area contributed by atoms with E-state index in [0.29, 0.717) is 5.75 Å².